The standard InChI is InChI=1S/C49H97NO5/c1-3-5-7-9-11-13-14-15-16-17-18-19-23-27-31-35-39-43-49(54)55-44-40-36-32-28-24-21-20-22-26-30-34-38-42-48(53)50-46(45-51)47(52)41-37-33-29-25-12-10-8-6-4-2/h46-47,51-52H,3-45H2,1-2H3,(H,50,53). The van der Waals surface area contributed by atoms with Gasteiger partial charge in [-0.3, -0.25) is 9.59 Å². The van der Waals surface area contributed by atoms with E-state index in [1.807, 2.05) is 0 Å². The summed E-state index contributed by atoms with van der Waals surface area (Å²) in [6.45, 7) is 4.91. The molecule has 0 aliphatic rings. The van der Waals surface area contributed by atoms with Crippen molar-refractivity contribution in [2.45, 2.75) is 289 Å². The number of aliphatic hydroxyl groups excluding tert-OH is 2. The summed E-state index contributed by atoms with van der Waals surface area (Å²) in [6, 6.07) is -0.549. The molecule has 2 unspecified atom stereocenters. The van der Waals surface area contributed by atoms with Gasteiger partial charge in [-0.25, -0.2) is 0 Å². The van der Waals surface area contributed by atoms with E-state index >= 15 is 0 Å². The van der Waals surface area contributed by atoms with Crippen molar-refractivity contribution in [2.75, 3.05) is 13.2 Å². The van der Waals surface area contributed by atoms with Gasteiger partial charge in [0, 0.05) is 12.8 Å². The third kappa shape index (κ3) is 42.3. The largest absolute Gasteiger partial charge is 0.466 e. The number of nitrogens with one attached hydrogen (secondary N) is 1. The van der Waals surface area contributed by atoms with Gasteiger partial charge in [-0.1, -0.05) is 239 Å². The average Bonchev–Trinajstić information content (AvgIpc) is 3.18. The van der Waals surface area contributed by atoms with E-state index in [1.54, 1.807) is 0 Å². The molecule has 0 saturated heterocycles. The lowest BCUT2D eigenvalue weighted by molar-refractivity contribution is -0.143. The van der Waals surface area contributed by atoms with Gasteiger partial charge in [-0.05, 0) is 25.7 Å². The lowest BCUT2D eigenvalue weighted by atomic mass is 10.0. The maximum absolute atomic E-state index is 12.4. The number of aliphatic hydroxyl groups is 2. The van der Waals surface area contributed by atoms with Gasteiger partial charge in [0.15, 0.2) is 0 Å². The molecule has 0 heterocycles. The number of unbranched alkanes of at least 4 members (excludes halogenated alkanes) is 35. The summed E-state index contributed by atoms with van der Waals surface area (Å²) >= 11 is 0. The van der Waals surface area contributed by atoms with Crippen LogP contribution in [0.2, 0.25) is 0 Å². The smallest absolute Gasteiger partial charge is 0.305 e. The Morgan fingerprint density at radius 2 is 0.745 bits per heavy atom. The molecule has 0 aliphatic carbocycles. The third-order valence-corrected chi connectivity index (χ3v) is 11.7. The molecule has 0 aromatic heterocycles. The summed E-state index contributed by atoms with van der Waals surface area (Å²) in [7, 11) is 0. The molecule has 0 fully saturated rings. The molecule has 0 saturated carbocycles. The normalized spacial score (nSPS) is 12.6. The minimum absolute atomic E-state index is 0.00536. The summed E-state index contributed by atoms with van der Waals surface area (Å²) in [6.07, 6.45) is 49.3. The molecule has 0 aromatic rings. The maximum Gasteiger partial charge on any atom is 0.305 e. The Hall–Kier alpha value is -1.14. The summed E-state index contributed by atoms with van der Waals surface area (Å²) in [4.78, 5) is 24.4. The molecule has 1 amide bonds. The van der Waals surface area contributed by atoms with Crippen LogP contribution < -0.4 is 5.32 Å². The number of carbonyl (C=O) groups excluding carboxylic acids is 2. The molecule has 0 radical (unpaired) electrons. The minimum Gasteiger partial charge on any atom is -0.466 e. The highest BCUT2D eigenvalue weighted by Gasteiger charge is 2.20. The second-order valence-electron chi connectivity index (χ2n) is 17.2. The SMILES string of the molecule is CCCCCCCCCCCCCCCCCCCC(=O)OCCCCCCCCCCCCCCC(=O)NC(CO)C(O)CCCCCCCCCCC. The van der Waals surface area contributed by atoms with Crippen molar-refractivity contribution in [1.29, 1.82) is 0 Å². The first-order chi connectivity index (χ1) is 27.0. The van der Waals surface area contributed by atoms with E-state index in [0.29, 0.717) is 25.9 Å². The first kappa shape index (κ1) is 53.9. The highest BCUT2D eigenvalue weighted by Crippen LogP contribution is 2.17. The molecule has 6 nitrogen and oxygen atoms in total. The number of carbonyl (C=O) groups is 2. The van der Waals surface area contributed by atoms with Crippen molar-refractivity contribution in [3.8, 4) is 0 Å². The second kappa shape index (κ2) is 45.6. The van der Waals surface area contributed by atoms with Gasteiger partial charge in [-0.15, -0.1) is 0 Å². The van der Waals surface area contributed by atoms with Crippen molar-refractivity contribution >= 4 is 11.9 Å². The Balaban J connectivity index is 3.40. The summed E-state index contributed by atoms with van der Waals surface area (Å²) in [5, 5.41) is 23.0. The fourth-order valence-electron chi connectivity index (χ4n) is 7.82. The third-order valence-electron chi connectivity index (χ3n) is 11.7. The Labute approximate surface area is 343 Å². The molecule has 2 atom stereocenters. The maximum atomic E-state index is 12.4. The molecule has 328 valence electrons. The molecule has 0 rings (SSSR count). The minimum atomic E-state index is -0.670. The van der Waals surface area contributed by atoms with Crippen molar-refractivity contribution in [3.05, 3.63) is 0 Å². The monoisotopic (exact) mass is 780 g/mol. The van der Waals surface area contributed by atoms with Crippen LogP contribution in [0.25, 0.3) is 0 Å². The van der Waals surface area contributed by atoms with E-state index in [4.69, 9.17) is 4.74 Å². The molecule has 55 heavy (non-hydrogen) atoms. The quantitative estimate of drug-likeness (QED) is 0.0422. The molecular formula is C49H97NO5. The van der Waals surface area contributed by atoms with Crippen LogP contribution in [0.1, 0.15) is 277 Å². The number of hydrogen-bond donors (Lipinski definition) is 3. The number of esters is 1. The van der Waals surface area contributed by atoms with E-state index in [2.05, 4.69) is 19.2 Å². The molecule has 3 N–H and O–H groups in total. The zero-order valence-corrected chi connectivity index (χ0v) is 37.2. The predicted molar refractivity (Wildman–Crippen MR) is 237 cm³/mol. The van der Waals surface area contributed by atoms with Crippen LogP contribution in [0.15, 0.2) is 0 Å². The van der Waals surface area contributed by atoms with Crippen LogP contribution in [0.5, 0.6) is 0 Å². The van der Waals surface area contributed by atoms with Crippen molar-refractivity contribution in [2.24, 2.45) is 0 Å². The molecule has 0 aliphatic heterocycles. The van der Waals surface area contributed by atoms with Gasteiger partial charge in [-0.2, -0.15) is 0 Å². The summed E-state index contributed by atoms with van der Waals surface area (Å²) in [5.41, 5.74) is 0. The van der Waals surface area contributed by atoms with Gasteiger partial charge in [0.1, 0.15) is 0 Å². The molecule has 0 bridgehead atoms. The van der Waals surface area contributed by atoms with Crippen molar-refractivity contribution in [1.82, 2.24) is 5.32 Å². The number of hydrogen-bond acceptors (Lipinski definition) is 5. The Morgan fingerprint density at radius 3 is 1.11 bits per heavy atom. The summed E-state index contributed by atoms with van der Waals surface area (Å²) in [5.74, 6) is -0.0571. The van der Waals surface area contributed by atoms with Crippen LogP contribution >= 0.6 is 0 Å². The lowest BCUT2D eigenvalue weighted by Crippen LogP contribution is -2.45. The zero-order valence-electron chi connectivity index (χ0n) is 37.2. The molecular weight excluding hydrogens is 683 g/mol. The van der Waals surface area contributed by atoms with Gasteiger partial charge >= 0.3 is 5.97 Å². The van der Waals surface area contributed by atoms with Gasteiger partial charge in [0.2, 0.25) is 5.91 Å². The van der Waals surface area contributed by atoms with Gasteiger partial charge in [0.05, 0.1) is 25.4 Å². The topological polar surface area (TPSA) is 95.9 Å². The predicted octanol–water partition coefficient (Wildman–Crippen LogP) is 14.4. The fraction of sp³-hybridized carbons (Fsp3) is 0.959. The van der Waals surface area contributed by atoms with E-state index in [-0.39, 0.29) is 18.5 Å². The molecule has 0 spiro atoms. The fourth-order valence-corrected chi connectivity index (χ4v) is 7.82. The molecule has 6 heteroatoms. The van der Waals surface area contributed by atoms with Gasteiger partial charge in [0.25, 0.3) is 0 Å². The Morgan fingerprint density at radius 1 is 0.436 bits per heavy atom. The van der Waals surface area contributed by atoms with Crippen LogP contribution in [-0.2, 0) is 14.3 Å². The number of rotatable bonds is 46. The lowest BCUT2D eigenvalue weighted by Gasteiger charge is -2.22. The number of amides is 1. The average molecular weight is 780 g/mol. The zero-order chi connectivity index (χ0) is 40.1. The van der Waals surface area contributed by atoms with E-state index in [1.165, 1.54) is 186 Å². The number of ether oxygens (including phenoxy) is 1. The van der Waals surface area contributed by atoms with E-state index in [9.17, 15) is 19.8 Å². The van der Waals surface area contributed by atoms with Crippen LogP contribution in [0.3, 0.4) is 0 Å². The second-order valence-corrected chi connectivity index (χ2v) is 17.2. The van der Waals surface area contributed by atoms with E-state index in [0.717, 1.165) is 57.8 Å². The highest BCUT2D eigenvalue weighted by molar-refractivity contribution is 5.76. The Kier molecular flexibility index (Phi) is 44.6. The Bertz CT molecular complexity index is 776. The van der Waals surface area contributed by atoms with Crippen LogP contribution in [0, 0.1) is 0 Å². The van der Waals surface area contributed by atoms with Crippen molar-refractivity contribution < 1.29 is 24.5 Å². The van der Waals surface area contributed by atoms with Crippen LogP contribution in [0.4, 0.5) is 0 Å². The van der Waals surface area contributed by atoms with Crippen LogP contribution in [-0.4, -0.2) is 47.4 Å². The molecule has 0 aromatic carbocycles. The summed E-state index contributed by atoms with van der Waals surface area (Å²) < 4.78 is 5.47. The van der Waals surface area contributed by atoms with Crippen molar-refractivity contribution in [3.63, 3.8) is 0 Å². The highest BCUT2D eigenvalue weighted by atomic mass is 16.5. The van der Waals surface area contributed by atoms with Gasteiger partial charge < -0.3 is 20.3 Å². The first-order valence-corrected chi connectivity index (χ1v) is 24.8. The van der Waals surface area contributed by atoms with E-state index < -0.39 is 12.1 Å². The first-order valence-electron chi connectivity index (χ1n) is 24.8.